The topological polar surface area (TPSA) is 96.8 Å². The monoisotopic (exact) mass is 547 g/mol. The first-order valence-electron chi connectivity index (χ1n) is 12.8. The summed E-state index contributed by atoms with van der Waals surface area (Å²) in [5, 5.41) is 0.698. The number of amides is 1. The number of benzene rings is 2. The Hall–Kier alpha value is -4.05. The number of anilines is 2. The van der Waals surface area contributed by atoms with E-state index in [9.17, 15) is 13.2 Å². The Morgan fingerprint density at radius 1 is 1.05 bits per heavy atom. The first kappa shape index (κ1) is 26.6. The quantitative estimate of drug-likeness (QED) is 0.349. The Labute approximate surface area is 229 Å². The second-order valence-corrected chi connectivity index (χ2v) is 12.6. The van der Waals surface area contributed by atoms with Crippen LogP contribution in [0.15, 0.2) is 78.0 Å². The van der Waals surface area contributed by atoms with Crippen molar-refractivity contribution in [3.63, 3.8) is 0 Å². The van der Waals surface area contributed by atoms with Crippen molar-refractivity contribution in [2.24, 2.45) is 0 Å². The SMILES string of the molecule is CN(C)c1cccc(-c2cn(C3CN(C(=O)OC(C)(C)C)C3)c3nccc(NS(=O)(=O)c4ccccc4)c23)c1. The van der Waals surface area contributed by atoms with Crippen LogP contribution in [-0.2, 0) is 14.8 Å². The number of nitrogens with one attached hydrogen (secondary N) is 1. The predicted molar refractivity (Wildman–Crippen MR) is 154 cm³/mol. The van der Waals surface area contributed by atoms with Crippen molar-refractivity contribution >= 4 is 38.5 Å². The molecule has 4 aromatic rings. The Balaban J connectivity index is 1.58. The molecule has 0 radical (unpaired) electrons. The standard InChI is InChI=1S/C29H33N5O4S/c1-29(2,3)38-28(35)33-17-22(18-33)34-19-24(20-10-9-11-21(16-20)32(4)5)26-25(14-15-30-27(26)34)31-39(36,37)23-12-7-6-8-13-23/h6-16,19,22H,17-18H2,1-5H3,(H,30,31). The molecule has 39 heavy (non-hydrogen) atoms. The van der Waals surface area contributed by atoms with E-state index in [2.05, 4.69) is 15.8 Å². The molecule has 1 aliphatic heterocycles. The summed E-state index contributed by atoms with van der Waals surface area (Å²) >= 11 is 0. The molecule has 1 fully saturated rings. The van der Waals surface area contributed by atoms with Crippen LogP contribution < -0.4 is 9.62 Å². The molecule has 3 heterocycles. The van der Waals surface area contributed by atoms with Crippen molar-refractivity contribution < 1.29 is 17.9 Å². The Morgan fingerprint density at radius 3 is 2.44 bits per heavy atom. The van der Waals surface area contributed by atoms with Gasteiger partial charge in [0, 0.05) is 50.8 Å². The van der Waals surface area contributed by atoms with Crippen molar-refractivity contribution in [2.45, 2.75) is 37.3 Å². The van der Waals surface area contributed by atoms with Crippen molar-refractivity contribution in [1.29, 1.82) is 0 Å². The molecule has 2 aromatic heterocycles. The number of hydrogen-bond donors (Lipinski definition) is 1. The fraction of sp³-hybridized carbons (Fsp3) is 0.310. The zero-order valence-electron chi connectivity index (χ0n) is 22.7. The van der Waals surface area contributed by atoms with Crippen LogP contribution in [0.2, 0.25) is 0 Å². The average molecular weight is 548 g/mol. The molecule has 0 aliphatic carbocycles. The number of rotatable bonds is 6. The van der Waals surface area contributed by atoms with Gasteiger partial charge in [0.05, 0.1) is 22.0 Å². The molecule has 0 bridgehead atoms. The Morgan fingerprint density at radius 2 is 1.77 bits per heavy atom. The number of pyridine rings is 1. The molecule has 1 aliphatic rings. The lowest BCUT2D eigenvalue weighted by Gasteiger charge is -2.40. The number of hydrogen-bond acceptors (Lipinski definition) is 6. The van der Waals surface area contributed by atoms with Gasteiger partial charge in [-0.2, -0.15) is 0 Å². The van der Waals surface area contributed by atoms with Crippen LogP contribution in [0.5, 0.6) is 0 Å². The Bertz CT molecular complexity index is 1620. The molecular formula is C29H33N5O4S. The van der Waals surface area contributed by atoms with Gasteiger partial charge in [-0.1, -0.05) is 30.3 Å². The predicted octanol–water partition coefficient (Wildman–Crippen LogP) is 5.36. The molecular weight excluding hydrogens is 514 g/mol. The maximum absolute atomic E-state index is 13.3. The second kappa shape index (κ2) is 9.92. The Kier molecular flexibility index (Phi) is 6.76. The lowest BCUT2D eigenvalue weighted by atomic mass is 10.0. The molecule has 9 nitrogen and oxygen atoms in total. The molecule has 2 aromatic carbocycles. The molecule has 5 rings (SSSR count). The molecule has 10 heteroatoms. The zero-order valence-corrected chi connectivity index (χ0v) is 23.6. The van der Waals surface area contributed by atoms with E-state index >= 15 is 0 Å². The summed E-state index contributed by atoms with van der Waals surface area (Å²) in [6.45, 7) is 6.47. The van der Waals surface area contributed by atoms with Crippen molar-refractivity contribution in [3.8, 4) is 11.1 Å². The highest BCUT2D eigenvalue weighted by atomic mass is 32.2. The van der Waals surface area contributed by atoms with E-state index < -0.39 is 15.6 Å². The van der Waals surface area contributed by atoms with Gasteiger partial charge >= 0.3 is 6.09 Å². The average Bonchev–Trinajstić information content (AvgIpc) is 3.23. The summed E-state index contributed by atoms with van der Waals surface area (Å²) in [6.07, 6.45) is 3.26. The van der Waals surface area contributed by atoms with Gasteiger partial charge in [0.1, 0.15) is 11.2 Å². The normalized spacial score (nSPS) is 14.2. The summed E-state index contributed by atoms with van der Waals surface area (Å²) in [5.74, 6) is 0. The smallest absolute Gasteiger partial charge is 0.410 e. The highest BCUT2D eigenvalue weighted by Gasteiger charge is 2.36. The maximum Gasteiger partial charge on any atom is 0.410 e. The minimum Gasteiger partial charge on any atom is -0.444 e. The van der Waals surface area contributed by atoms with Crippen molar-refractivity contribution in [2.75, 3.05) is 36.8 Å². The third-order valence-corrected chi connectivity index (χ3v) is 7.97. The summed E-state index contributed by atoms with van der Waals surface area (Å²) < 4.78 is 36.9. The molecule has 0 saturated carbocycles. The molecule has 1 saturated heterocycles. The zero-order chi connectivity index (χ0) is 27.9. The number of nitrogens with zero attached hydrogens (tertiary/aromatic N) is 4. The molecule has 0 spiro atoms. The van der Waals surface area contributed by atoms with Gasteiger partial charge in [-0.3, -0.25) is 4.72 Å². The largest absolute Gasteiger partial charge is 0.444 e. The van der Waals surface area contributed by atoms with E-state index in [0.717, 1.165) is 16.8 Å². The first-order chi connectivity index (χ1) is 18.4. The number of fused-ring (bicyclic) bond motifs is 1. The minimum atomic E-state index is -3.83. The summed E-state index contributed by atoms with van der Waals surface area (Å²) in [6, 6.07) is 18.0. The number of ether oxygens (including phenoxy) is 1. The van der Waals surface area contributed by atoms with Gasteiger partial charge in [-0.25, -0.2) is 18.2 Å². The molecule has 1 N–H and O–H groups in total. The van der Waals surface area contributed by atoms with E-state index in [-0.39, 0.29) is 17.0 Å². The molecule has 1 amide bonds. The van der Waals surface area contributed by atoms with Gasteiger partial charge in [-0.05, 0) is 56.7 Å². The lowest BCUT2D eigenvalue weighted by Crippen LogP contribution is -2.52. The third-order valence-electron chi connectivity index (χ3n) is 6.59. The van der Waals surface area contributed by atoms with E-state index in [4.69, 9.17) is 4.74 Å². The number of aromatic nitrogens is 2. The van der Waals surface area contributed by atoms with E-state index in [1.807, 2.05) is 68.7 Å². The fourth-order valence-corrected chi connectivity index (χ4v) is 5.71. The van der Waals surface area contributed by atoms with Crippen molar-refractivity contribution in [3.05, 3.63) is 73.1 Å². The highest BCUT2D eigenvalue weighted by molar-refractivity contribution is 7.92. The summed E-state index contributed by atoms with van der Waals surface area (Å²) in [4.78, 5) is 21.1. The molecule has 0 unspecified atom stereocenters. The van der Waals surface area contributed by atoms with Gasteiger partial charge in [0.2, 0.25) is 0 Å². The van der Waals surface area contributed by atoms with E-state index in [1.54, 1.807) is 47.5 Å². The van der Waals surface area contributed by atoms with Crippen LogP contribution in [0.4, 0.5) is 16.2 Å². The maximum atomic E-state index is 13.3. The van der Waals surface area contributed by atoms with Crippen LogP contribution in [0.25, 0.3) is 22.2 Å². The van der Waals surface area contributed by atoms with Gasteiger partial charge in [0.15, 0.2) is 0 Å². The number of sulfonamides is 1. The van der Waals surface area contributed by atoms with Crippen LogP contribution >= 0.6 is 0 Å². The lowest BCUT2D eigenvalue weighted by molar-refractivity contribution is 0.00152. The number of carbonyl (C=O) groups excluding carboxylic acids is 1. The molecule has 0 atom stereocenters. The van der Waals surface area contributed by atoms with Gasteiger partial charge in [-0.15, -0.1) is 0 Å². The highest BCUT2D eigenvalue weighted by Crippen LogP contribution is 2.39. The van der Waals surface area contributed by atoms with E-state index in [0.29, 0.717) is 29.8 Å². The van der Waals surface area contributed by atoms with Crippen LogP contribution in [-0.4, -0.2) is 61.7 Å². The fourth-order valence-electron chi connectivity index (χ4n) is 4.62. The van der Waals surface area contributed by atoms with Crippen LogP contribution in [0, 0.1) is 0 Å². The van der Waals surface area contributed by atoms with E-state index in [1.165, 1.54) is 0 Å². The molecule has 204 valence electrons. The summed E-state index contributed by atoms with van der Waals surface area (Å²) in [5.41, 5.74) is 3.31. The van der Waals surface area contributed by atoms with Gasteiger partial charge in [0.25, 0.3) is 10.0 Å². The number of carbonyl (C=O) groups is 1. The first-order valence-corrected chi connectivity index (χ1v) is 14.2. The number of likely N-dealkylation sites (tertiary alicyclic amines) is 1. The third kappa shape index (κ3) is 5.42. The van der Waals surface area contributed by atoms with Crippen molar-refractivity contribution in [1.82, 2.24) is 14.5 Å². The minimum absolute atomic E-state index is 0.0284. The van der Waals surface area contributed by atoms with Gasteiger partial charge < -0.3 is 19.1 Å². The summed E-state index contributed by atoms with van der Waals surface area (Å²) in [7, 11) is 0.120. The van der Waals surface area contributed by atoms with Crippen LogP contribution in [0.1, 0.15) is 26.8 Å². The second-order valence-electron chi connectivity index (χ2n) is 10.9. The van der Waals surface area contributed by atoms with Crippen LogP contribution in [0.3, 0.4) is 0 Å².